The second-order valence-electron chi connectivity index (χ2n) is 6.88. The first kappa shape index (κ1) is 23.3. The molecule has 3 N–H and O–H groups in total. The van der Waals surface area contributed by atoms with Crippen LogP contribution < -0.4 is 15.4 Å². The first-order chi connectivity index (χ1) is 11.6. The minimum atomic E-state index is -3.29. The number of nitrogens with one attached hydrogen (secondary N) is 1. The zero-order valence-electron chi connectivity index (χ0n) is 15.3. The smallest absolute Gasteiger partial charge is 0.209 e. The Morgan fingerprint density at radius 3 is 2.27 bits per heavy atom. The Kier molecular flexibility index (Phi) is 8.43. The summed E-state index contributed by atoms with van der Waals surface area (Å²) in [5.74, 6) is 0.444. The number of rotatable bonds is 5. The Balaban J connectivity index is 0.00000338. The van der Waals surface area contributed by atoms with Crippen molar-refractivity contribution in [2.45, 2.75) is 19.4 Å². The first-order valence-corrected chi connectivity index (χ1v) is 10.4. The van der Waals surface area contributed by atoms with Gasteiger partial charge in [0, 0.05) is 42.4 Å². The van der Waals surface area contributed by atoms with Gasteiger partial charge in [0.2, 0.25) is 10.0 Å². The second kappa shape index (κ2) is 9.43. The van der Waals surface area contributed by atoms with Crippen molar-refractivity contribution in [3.05, 3.63) is 29.3 Å². The van der Waals surface area contributed by atoms with Crippen molar-refractivity contribution in [1.29, 1.82) is 0 Å². The predicted octanol–water partition coefficient (Wildman–Crippen LogP) is 1.72. The fraction of sp³-hybridized carbons (Fsp3) is 0.562. The zero-order valence-corrected chi connectivity index (χ0v) is 19.2. The van der Waals surface area contributed by atoms with E-state index in [1.54, 1.807) is 13.8 Å². The zero-order chi connectivity index (χ0) is 18.7. The number of halogens is 2. The van der Waals surface area contributed by atoms with Crippen molar-refractivity contribution >= 4 is 57.2 Å². The van der Waals surface area contributed by atoms with E-state index in [0.717, 1.165) is 43.1 Å². The van der Waals surface area contributed by atoms with Gasteiger partial charge in [-0.2, -0.15) is 0 Å². The summed E-state index contributed by atoms with van der Waals surface area (Å²) in [4.78, 5) is 8.66. The molecule has 1 aliphatic rings. The topological polar surface area (TPSA) is 91.0 Å². The van der Waals surface area contributed by atoms with Gasteiger partial charge in [0.1, 0.15) is 0 Å². The lowest BCUT2D eigenvalue weighted by atomic mass is 10.1. The maximum Gasteiger partial charge on any atom is 0.209 e. The minimum Gasteiger partial charge on any atom is -0.370 e. The van der Waals surface area contributed by atoms with E-state index in [-0.39, 0.29) is 30.5 Å². The van der Waals surface area contributed by atoms with Gasteiger partial charge in [0.05, 0.1) is 12.8 Å². The van der Waals surface area contributed by atoms with Gasteiger partial charge in [-0.05, 0) is 38.1 Å². The number of hydrogen-bond donors (Lipinski definition) is 2. The number of aliphatic imine (C=N–C) groups is 1. The van der Waals surface area contributed by atoms with Crippen LogP contribution in [0.1, 0.15) is 13.8 Å². The monoisotopic (exact) mass is 515 g/mol. The summed E-state index contributed by atoms with van der Waals surface area (Å²) >= 11 is 5.93. The highest BCUT2D eigenvalue weighted by molar-refractivity contribution is 14.0. The van der Waals surface area contributed by atoms with Crippen molar-refractivity contribution < 1.29 is 8.42 Å². The van der Waals surface area contributed by atoms with Gasteiger partial charge < -0.3 is 15.5 Å². The van der Waals surface area contributed by atoms with Crippen LogP contribution in [-0.4, -0.2) is 63.8 Å². The average Bonchev–Trinajstić information content (AvgIpc) is 2.51. The summed E-state index contributed by atoms with van der Waals surface area (Å²) in [7, 11) is -3.29. The summed E-state index contributed by atoms with van der Waals surface area (Å²) in [5, 5.41) is 0.726. The molecule has 1 saturated heterocycles. The van der Waals surface area contributed by atoms with Gasteiger partial charge in [-0.25, -0.2) is 13.1 Å². The van der Waals surface area contributed by atoms with E-state index >= 15 is 0 Å². The summed E-state index contributed by atoms with van der Waals surface area (Å²) in [5.41, 5.74) is 6.55. The number of hydrogen-bond acceptors (Lipinski definition) is 4. The number of sulfonamides is 1. The van der Waals surface area contributed by atoms with Crippen LogP contribution in [0.3, 0.4) is 0 Å². The highest BCUT2D eigenvalue weighted by Gasteiger charge is 2.23. The van der Waals surface area contributed by atoms with Gasteiger partial charge in [-0.3, -0.25) is 4.99 Å². The van der Waals surface area contributed by atoms with Crippen LogP contribution in [0.2, 0.25) is 5.02 Å². The molecule has 0 amide bonds. The Morgan fingerprint density at radius 2 is 1.77 bits per heavy atom. The molecule has 0 atom stereocenters. The second-order valence-corrected chi connectivity index (χ2v) is 9.07. The number of piperazine rings is 1. The largest absolute Gasteiger partial charge is 0.370 e. The number of nitrogens with two attached hydrogens (primary N) is 1. The molecular formula is C16H27ClIN5O2S. The highest BCUT2D eigenvalue weighted by Crippen LogP contribution is 2.19. The molecule has 0 saturated carbocycles. The van der Waals surface area contributed by atoms with E-state index in [2.05, 4.69) is 14.6 Å². The fourth-order valence-electron chi connectivity index (χ4n) is 2.76. The van der Waals surface area contributed by atoms with Crippen molar-refractivity contribution in [2.24, 2.45) is 10.7 Å². The van der Waals surface area contributed by atoms with Crippen LogP contribution in [0.25, 0.3) is 0 Å². The molecule has 0 aliphatic carbocycles. The Hall–Kier alpha value is -0.780. The van der Waals surface area contributed by atoms with Crippen LogP contribution in [0.5, 0.6) is 0 Å². The minimum absolute atomic E-state index is 0. The lowest BCUT2D eigenvalue weighted by Gasteiger charge is -2.37. The number of benzene rings is 1. The average molecular weight is 516 g/mol. The van der Waals surface area contributed by atoms with Gasteiger partial charge in [0.15, 0.2) is 5.96 Å². The molecule has 1 aliphatic heterocycles. The van der Waals surface area contributed by atoms with Crippen molar-refractivity contribution in [1.82, 2.24) is 9.62 Å². The summed E-state index contributed by atoms with van der Waals surface area (Å²) in [6.07, 6.45) is 1.14. The molecule has 1 fully saturated rings. The van der Waals surface area contributed by atoms with Crippen molar-refractivity contribution in [2.75, 3.05) is 43.9 Å². The van der Waals surface area contributed by atoms with Crippen molar-refractivity contribution in [3.63, 3.8) is 0 Å². The molecule has 1 heterocycles. The van der Waals surface area contributed by atoms with Crippen LogP contribution in [0, 0.1) is 0 Å². The molecule has 0 spiro atoms. The quantitative estimate of drug-likeness (QED) is 0.354. The SMILES string of the molecule is CC(C)(CN=C(N)N1CCN(c2ccc(Cl)cc2)CC1)NS(C)(=O)=O.I. The van der Waals surface area contributed by atoms with Gasteiger partial charge in [-0.1, -0.05) is 11.6 Å². The van der Waals surface area contributed by atoms with E-state index in [4.69, 9.17) is 17.3 Å². The molecule has 0 bridgehead atoms. The molecule has 10 heteroatoms. The lowest BCUT2D eigenvalue weighted by Crippen LogP contribution is -2.52. The highest BCUT2D eigenvalue weighted by atomic mass is 127. The maximum absolute atomic E-state index is 11.4. The van der Waals surface area contributed by atoms with Crippen LogP contribution in [0.4, 0.5) is 5.69 Å². The molecule has 7 nitrogen and oxygen atoms in total. The number of guanidine groups is 1. The predicted molar refractivity (Wildman–Crippen MR) is 119 cm³/mol. The molecule has 148 valence electrons. The van der Waals surface area contributed by atoms with E-state index < -0.39 is 15.6 Å². The summed E-state index contributed by atoms with van der Waals surface area (Å²) < 4.78 is 25.3. The molecule has 0 radical (unpaired) electrons. The molecule has 2 rings (SSSR count). The Labute approximate surface area is 178 Å². The Morgan fingerprint density at radius 1 is 1.23 bits per heavy atom. The third-order valence-electron chi connectivity index (χ3n) is 3.89. The van der Waals surface area contributed by atoms with E-state index in [0.29, 0.717) is 5.96 Å². The van der Waals surface area contributed by atoms with Gasteiger partial charge >= 0.3 is 0 Å². The first-order valence-electron chi connectivity index (χ1n) is 8.10. The molecule has 26 heavy (non-hydrogen) atoms. The van der Waals surface area contributed by atoms with Crippen LogP contribution >= 0.6 is 35.6 Å². The molecule has 1 aromatic carbocycles. The number of nitrogens with zero attached hydrogens (tertiary/aromatic N) is 3. The molecule has 1 aromatic rings. The summed E-state index contributed by atoms with van der Waals surface area (Å²) in [6, 6.07) is 7.79. The van der Waals surface area contributed by atoms with E-state index in [1.165, 1.54) is 0 Å². The Bertz CT molecular complexity index is 717. The molecular weight excluding hydrogens is 489 g/mol. The van der Waals surface area contributed by atoms with Crippen LogP contribution in [0.15, 0.2) is 29.3 Å². The lowest BCUT2D eigenvalue weighted by molar-refractivity contribution is 0.377. The third kappa shape index (κ3) is 7.45. The molecule has 0 aromatic heterocycles. The van der Waals surface area contributed by atoms with E-state index in [1.807, 2.05) is 29.2 Å². The van der Waals surface area contributed by atoms with Crippen LogP contribution in [-0.2, 0) is 10.0 Å². The van der Waals surface area contributed by atoms with Gasteiger partial charge in [0.25, 0.3) is 0 Å². The normalized spacial score (nSPS) is 16.4. The van der Waals surface area contributed by atoms with Crippen molar-refractivity contribution in [3.8, 4) is 0 Å². The summed E-state index contributed by atoms with van der Waals surface area (Å²) in [6.45, 7) is 7.04. The fourth-order valence-corrected chi connectivity index (χ4v) is 3.95. The van der Waals surface area contributed by atoms with E-state index in [9.17, 15) is 8.42 Å². The number of anilines is 1. The standard InChI is InChI=1S/C16H26ClN5O2S.HI/c1-16(2,20-25(3,23)24)12-19-15(18)22-10-8-21(9-11-22)14-6-4-13(17)5-7-14;/h4-7,20H,8-12H2,1-3H3,(H2,18,19);1H. The maximum atomic E-state index is 11.4. The molecule has 0 unspecified atom stereocenters. The van der Waals surface area contributed by atoms with Gasteiger partial charge in [-0.15, -0.1) is 24.0 Å². The third-order valence-corrected chi connectivity index (χ3v) is 5.07.